The number of allylic oxidation sites excluding steroid dienone is 1. The first kappa shape index (κ1) is 12.2. The maximum Gasteiger partial charge on any atom is 0.352 e. The predicted octanol–water partition coefficient (Wildman–Crippen LogP) is 2.14. The highest BCUT2D eigenvalue weighted by Crippen LogP contribution is 2.01. The monoisotopic (exact) mass is 185 g/mol. The van der Waals surface area contributed by atoms with E-state index in [-0.39, 0.29) is 5.97 Å². The second kappa shape index (κ2) is 6.66. The number of nitrogens with zero attached hydrogens (tertiary/aromatic N) is 1. The van der Waals surface area contributed by atoms with Gasteiger partial charge in [0.25, 0.3) is 0 Å². The molecule has 0 aliphatic carbocycles. The van der Waals surface area contributed by atoms with E-state index in [0.717, 1.165) is 19.5 Å². The molecule has 3 nitrogen and oxygen atoms in total. The molecule has 0 N–H and O–H groups in total. The van der Waals surface area contributed by atoms with Gasteiger partial charge in [-0.3, -0.25) is 0 Å². The fourth-order valence-corrected chi connectivity index (χ4v) is 0.931. The Kier molecular flexibility index (Phi) is 6.24. The van der Waals surface area contributed by atoms with Crippen molar-refractivity contribution >= 4 is 5.97 Å². The Bertz CT molecular complexity index is 183. The smallest absolute Gasteiger partial charge is 0.352 e. The first-order chi connectivity index (χ1) is 6.15. The topological polar surface area (TPSA) is 29.5 Å². The molecule has 0 radical (unpaired) electrons. The summed E-state index contributed by atoms with van der Waals surface area (Å²) in [7, 11) is 0. The highest BCUT2D eigenvalue weighted by atomic mass is 16.7. The van der Waals surface area contributed by atoms with Gasteiger partial charge < -0.3 is 4.84 Å². The molecule has 0 aliphatic rings. The quantitative estimate of drug-likeness (QED) is 0.485. The van der Waals surface area contributed by atoms with Gasteiger partial charge in [-0.25, -0.2) is 4.79 Å². The standard InChI is InChI=1S/C10H19NO2/c1-5-8-9(4)10(12)13-11(6-2)7-3/h8H,5-7H2,1-4H3/b9-8+. The Morgan fingerprint density at radius 2 is 1.85 bits per heavy atom. The maximum absolute atomic E-state index is 11.3. The zero-order valence-corrected chi connectivity index (χ0v) is 8.96. The molecule has 0 heterocycles. The van der Waals surface area contributed by atoms with Crippen molar-refractivity contribution in [2.75, 3.05) is 13.1 Å². The molecule has 0 saturated carbocycles. The van der Waals surface area contributed by atoms with Gasteiger partial charge in [0.15, 0.2) is 0 Å². The van der Waals surface area contributed by atoms with E-state index in [1.807, 2.05) is 26.8 Å². The molecule has 0 unspecified atom stereocenters. The lowest BCUT2D eigenvalue weighted by atomic mass is 10.2. The molecule has 0 fully saturated rings. The van der Waals surface area contributed by atoms with Gasteiger partial charge in [0, 0.05) is 18.7 Å². The van der Waals surface area contributed by atoms with Crippen molar-refractivity contribution < 1.29 is 9.63 Å². The van der Waals surface area contributed by atoms with E-state index in [0.29, 0.717) is 5.57 Å². The lowest BCUT2D eigenvalue weighted by Crippen LogP contribution is -2.27. The number of hydrogen-bond acceptors (Lipinski definition) is 3. The molecule has 0 aliphatic heterocycles. The molecular weight excluding hydrogens is 166 g/mol. The highest BCUT2D eigenvalue weighted by Gasteiger charge is 2.09. The van der Waals surface area contributed by atoms with Crippen LogP contribution < -0.4 is 0 Å². The summed E-state index contributed by atoms with van der Waals surface area (Å²) in [5, 5.41) is 1.63. The molecule has 0 amide bonds. The molecule has 0 aromatic heterocycles. The average Bonchev–Trinajstić information content (AvgIpc) is 2.14. The maximum atomic E-state index is 11.3. The summed E-state index contributed by atoms with van der Waals surface area (Å²) < 4.78 is 0. The van der Waals surface area contributed by atoms with Crippen molar-refractivity contribution in [3.05, 3.63) is 11.6 Å². The lowest BCUT2D eigenvalue weighted by molar-refractivity contribution is -0.183. The fraction of sp³-hybridized carbons (Fsp3) is 0.700. The largest absolute Gasteiger partial charge is 0.364 e. The predicted molar refractivity (Wildman–Crippen MR) is 53.1 cm³/mol. The number of hydrogen-bond donors (Lipinski definition) is 0. The van der Waals surface area contributed by atoms with E-state index < -0.39 is 0 Å². The summed E-state index contributed by atoms with van der Waals surface area (Å²) >= 11 is 0. The molecule has 0 spiro atoms. The number of hydroxylamine groups is 2. The Morgan fingerprint density at radius 1 is 1.31 bits per heavy atom. The minimum absolute atomic E-state index is 0.245. The summed E-state index contributed by atoms with van der Waals surface area (Å²) in [5.74, 6) is -0.245. The molecule has 0 aromatic carbocycles. The van der Waals surface area contributed by atoms with E-state index >= 15 is 0 Å². The van der Waals surface area contributed by atoms with Crippen molar-refractivity contribution in [3.8, 4) is 0 Å². The van der Waals surface area contributed by atoms with Crippen LogP contribution in [0.15, 0.2) is 11.6 Å². The van der Waals surface area contributed by atoms with Crippen LogP contribution in [0.4, 0.5) is 0 Å². The molecular formula is C10H19NO2. The average molecular weight is 185 g/mol. The summed E-state index contributed by atoms with van der Waals surface area (Å²) in [4.78, 5) is 16.4. The van der Waals surface area contributed by atoms with Gasteiger partial charge in [0.1, 0.15) is 0 Å². The van der Waals surface area contributed by atoms with Crippen molar-refractivity contribution in [2.24, 2.45) is 0 Å². The van der Waals surface area contributed by atoms with E-state index in [9.17, 15) is 4.79 Å². The van der Waals surface area contributed by atoms with E-state index in [1.54, 1.807) is 12.0 Å². The van der Waals surface area contributed by atoms with Gasteiger partial charge in [-0.2, -0.15) is 0 Å². The Hall–Kier alpha value is -0.830. The summed E-state index contributed by atoms with van der Waals surface area (Å²) in [6.07, 6.45) is 2.73. The van der Waals surface area contributed by atoms with Gasteiger partial charge in [0.2, 0.25) is 0 Å². The van der Waals surface area contributed by atoms with Crippen LogP contribution in [0.3, 0.4) is 0 Å². The number of carbonyl (C=O) groups is 1. The van der Waals surface area contributed by atoms with Crippen molar-refractivity contribution in [1.29, 1.82) is 0 Å². The van der Waals surface area contributed by atoms with E-state index in [4.69, 9.17) is 4.84 Å². The molecule has 0 saturated heterocycles. The SMILES string of the molecule is CC/C=C(\C)C(=O)ON(CC)CC. The van der Waals surface area contributed by atoms with Gasteiger partial charge in [-0.05, 0) is 27.2 Å². The van der Waals surface area contributed by atoms with E-state index in [1.165, 1.54) is 0 Å². The van der Waals surface area contributed by atoms with E-state index in [2.05, 4.69) is 0 Å². The van der Waals surface area contributed by atoms with Crippen LogP contribution in [-0.4, -0.2) is 24.1 Å². The Labute approximate surface area is 80.3 Å². The zero-order valence-electron chi connectivity index (χ0n) is 8.96. The fourth-order valence-electron chi connectivity index (χ4n) is 0.931. The third-order valence-electron chi connectivity index (χ3n) is 1.75. The van der Waals surface area contributed by atoms with Gasteiger partial charge in [-0.1, -0.05) is 13.0 Å². The molecule has 76 valence electrons. The molecule has 0 aromatic rings. The molecule has 0 atom stereocenters. The lowest BCUT2D eigenvalue weighted by Gasteiger charge is -2.17. The van der Waals surface area contributed by atoms with Crippen LogP contribution in [0.1, 0.15) is 34.1 Å². The Morgan fingerprint density at radius 3 is 2.23 bits per heavy atom. The molecule has 13 heavy (non-hydrogen) atoms. The normalized spacial score (nSPS) is 11.9. The minimum atomic E-state index is -0.245. The minimum Gasteiger partial charge on any atom is -0.364 e. The van der Waals surface area contributed by atoms with Crippen molar-refractivity contribution in [2.45, 2.75) is 34.1 Å². The van der Waals surface area contributed by atoms with Crippen LogP contribution in [0.5, 0.6) is 0 Å². The third kappa shape index (κ3) is 4.68. The number of rotatable bonds is 5. The van der Waals surface area contributed by atoms with Crippen molar-refractivity contribution in [3.63, 3.8) is 0 Å². The molecule has 0 bridgehead atoms. The molecule has 0 rings (SSSR count). The van der Waals surface area contributed by atoms with Crippen LogP contribution in [-0.2, 0) is 9.63 Å². The third-order valence-corrected chi connectivity index (χ3v) is 1.75. The van der Waals surface area contributed by atoms with Gasteiger partial charge in [0.05, 0.1) is 0 Å². The van der Waals surface area contributed by atoms with Crippen LogP contribution in [0.25, 0.3) is 0 Å². The summed E-state index contributed by atoms with van der Waals surface area (Å²) in [5.41, 5.74) is 0.675. The second-order valence-corrected chi connectivity index (χ2v) is 2.79. The second-order valence-electron chi connectivity index (χ2n) is 2.79. The van der Waals surface area contributed by atoms with Gasteiger partial charge in [-0.15, -0.1) is 5.06 Å². The van der Waals surface area contributed by atoms with Gasteiger partial charge >= 0.3 is 5.97 Å². The van der Waals surface area contributed by atoms with Crippen LogP contribution in [0, 0.1) is 0 Å². The Balaban J connectivity index is 4.05. The van der Waals surface area contributed by atoms with Crippen LogP contribution in [0.2, 0.25) is 0 Å². The highest BCUT2D eigenvalue weighted by molar-refractivity contribution is 5.87. The first-order valence-corrected chi connectivity index (χ1v) is 4.79. The van der Waals surface area contributed by atoms with Crippen LogP contribution >= 0.6 is 0 Å². The zero-order chi connectivity index (χ0) is 10.3. The summed E-state index contributed by atoms with van der Waals surface area (Å²) in [6, 6.07) is 0. The van der Waals surface area contributed by atoms with Crippen molar-refractivity contribution in [1.82, 2.24) is 5.06 Å². The molecule has 3 heteroatoms. The summed E-state index contributed by atoms with van der Waals surface area (Å²) in [6.45, 7) is 9.12. The number of carbonyl (C=O) groups excluding carboxylic acids is 1. The first-order valence-electron chi connectivity index (χ1n) is 4.79.